The number of ether oxygens (including phenoxy) is 1. The first kappa shape index (κ1) is 12.7. The lowest BCUT2D eigenvalue weighted by atomic mass is 9.84. The molecule has 1 saturated heterocycles. The van der Waals surface area contributed by atoms with Gasteiger partial charge < -0.3 is 4.74 Å². The van der Waals surface area contributed by atoms with E-state index in [-0.39, 0.29) is 11.5 Å². The van der Waals surface area contributed by atoms with Gasteiger partial charge >= 0.3 is 0 Å². The number of hydrogen-bond acceptors (Lipinski definition) is 3. The smallest absolute Gasteiger partial charge is 0.155 e. The molecule has 1 rings (SSSR count). The molecule has 0 aliphatic carbocycles. The first-order valence-electron chi connectivity index (χ1n) is 5.89. The maximum atomic E-state index is 12.2. The summed E-state index contributed by atoms with van der Waals surface area (Å²) in [5.41, 5.74) is -0.294. The Bertz CT molecular complexity index is 222. The lowest BCUT2D eigenvalue weighted by Gasteiger charge is -2.42. The predicted octanol–water partition coefficient (Wildman–Crippen LogP) is 1.71. The van der Waals surface area contributed by atoms with Crippen molar-refractivity contribution in [3.8, 4) is 0 Å². The first-order chi connectivity index (χ1) is 7.02. The molecule has 0 amide bonds. The fraction of sp³-hybridized carbons (Fsp3) is 0.917. The van der Waals surface area contributed by atoms with E-state index < -0.39 is 0 Å². The van der Waals surface area contributed by atoms with Gasteiger partial charge in [-0.3, -0.25) is 9.69 Å². The SMILES string of the molecule is CCC(C)(C(=O)C(C)C)N1CCOCC1. The molecule has 1 heterocycles. The lowest BCUT2D eigenvalue weighted by molar-refractivity contribution is -0.137. The van der Waals surface area contributed by atoms with Crippen molar-refractivity contribution in [1.82, 2.24) is 4.90 Å². The zero-order chi connectivity index (χ0) is 11.5. The van der Waals surface area contributed by atoms with E-state index in [4.69, 9.17) is 4.74 Å². The summed E-state index contributed by atoms with van der Waals surface area (Å²) >= 11 is 0. The van der Waals surface area contributed by atoms with Gasteiger partial charge in [0, 0.05) is 19.0 Å². The fourth-order valence-electron chi connectivity index (χ4n) is 2.23. The second-order valence-corrected chi connectivity index (χ2v) is 4.75. The molecule has 88 valence electrons. The normalized spacial score (nSPS) is 22.7. The van der Waals surface area contributed by atoms with Crippen LogP contribution in [0.5, 0.6) is 0 Å². The maximum Gasteiger partial charge on any atom is 0.155 e. The number of morpholine rings is 1. The standard InChI is InChI=1S/C12H23NO2/c1-5-12(4,11(14)10(2)3)13-6-8-15-9-7-13/h10H,5-9H2,1-4H3. The first-order valence-corrected chi connectivity index (χ1v) is 5.89. The molecule has 0 spiro atoms. The third-order valence-corrected chi connectivity index (χ3v) is 3.45. The number of hydrogen-bond donors (Lipinski definition) is 0. The van der Waals surface area contributed by atoms with Crippen LogP contribution in [-0.2, 0) is 9.53 Å². The van der Waals surface area contributed by atoms with Gasteiger partial charge in [0.05, 0.1) is 18.8 Å². The molecule has 3 heteroatoms. The largest absolute Gasteiger partial charge is 0.379 e. The zero-order valence-corrected chi connectivity index (χ0v) is 10.4. The molecular formula is C12H23NO2. The highest BCUT2D eigenvalue weighted by Gasteiger charge is 2.38. The molecule has 1 atom stereocenters. The summed E-state index contributed by atoms with van der Waals surface area (Å²) < 4.78 is 5.33. The number of ketones is 1. The van der Waals surface area contributed by atoms with Crippen molar-refractivity contribution in [2.75, 3.05) is 26.3 Å². The van der Waals surface area contributed by atoms with Crippen LogP contribution in [0.2, 0.25) is 0 Å². The van der Waals surface area contributed by atoms with Crippen molar-refractivity contribution < 1.29 is 9.53 Å². The second kappa shape index (κ2) is 5.08. The molecule has 0 bridgehead atoms. The lowest BCUT2D eigenvalue weighted by Crippen LogP contribution is -2.57. The monoisotopic (exact) mass is 213 g/mol. The molecule has 1 aliphatic heterocycles. The topological polar surface area (TPSA) is 29.5 Å². The van der Waals surface area contributed by atoms with Crippen LogP contribution in [0.15, 0.2) is 0 Å². The highest BCUT2D eigenvalue weighted by Crippen LogP contribution is 2.25. The number of carbonyl (C=O) groups is 1. The van der Waals surface area contributed by atoms with Crippen LogP contribution in [0.1, 0.15) is 34.1 Å². The second-order valence-electron chi connectivity index (χ2n) is 4.75. The summed E-state index contributed by atoms with van der Waals surface area (Å²) in [4.78, 5) is 14.5. The van der Waals surface area contributed by atoms with E-state index in [0.29, 0.717) is 5.78 Å². The Labute approximate surface area is 92.8 Å². The molecule has 1 aliphatic rings. The maximum absolute atomic E-state index is 12.2. The van der Waals surface area contributed by atoms with Crippen LogP contribution in [0, 0.1) is 5.92 Å². The summed E-state index contributed by atoms with van der Waals surface area (Å²) in [6.45, 7) is 11.4. The van der Waals surface area contributed by atoms with Gasteiger partial charge in [0.2, 0.25) is 0 Å². The minimum Gasteiger partial charge on any atom is -0.379 e. The summed E-state index contributed by atoms with van der Waals surface area (Å²) in [5.74, 6) is 0.463. The van der Waals surface area contributed by atoms with Crippen LogP contribution >= 0.6 is 0 Å². The minimum absolute atomic E-state index is 0.109. The molecule has 0 aromatic carbocycles. The van der Waals surface area contributed by atoms with Gasteiger partial charge in [-0.15, -0.1) is 0 Å². The quantitative estimate of drug-likeness (QED) is 0.712. The van der Waals surface area contributed by atoms with Crippen LogP contribution in [0.3, 0.4) is 0 Å². The van der Waals surface area contributed by atoms with Crippen LogP contribution in [0.25, 0.3) is 0 Å². The fourth-order valence-corrected chi connectivity index (χ4v) is 2.23. The van der Waals surface area contributed by atoms with Crippen molar-refractivity contribution in [3.05, 3.63) is 0 Å². The van der Waals surface area contributed by atoms with E-state index in [1.165, 1.54) is 0 Å². The molecule has 3 nitrogen and oxygen atoms in total. The van der Waals surface area contributed by atoms with Gasteiger partial charge in [-0.05, 0) is 13.3 Å². The highest BCUT2D eigenvalue weighted by atomic mass is 16.5. The Balaban J connectivity index is 2.77. The van der Waals surface area contributed by atoms with E-state index in [0.717, 1.165) is 32.7 Å². The average Bonchev–Trinajstić information content (AvgIpc) is 2.28. The van der Waals surface area contributed by atoms with E-state index >= 15 is 0 Å². The molecule has 15 heavy (non-hydrogen) atoms. The van der Waals surface area contributed by atoms with E-state index in [2.05, 4.69) is 18.7 Å². The van der Waals surface area contributed by atoms with Gasteiger partial charge in [0.15, 0.2) is 5.78 Å². The molecule has 0 saturated carbocycles. The molecule has 0 N–H and O–H groups in total. The zero-order valence-electron chi connectivity index (χ0n) is 10.4. The Hall–Kier alpha value is -0.410. The van der Waals surface area contributed by atoms with Crippen LogP contribution < -0.4 is 0 Å². The van der Waals surface area contributed by atoms with Gasteiger partial charge in [0.25, 0.3) is 0 Å². The van der Waals surface area contributed by atoms with Crippen molar-refractivity contribution in [2.45, 2.75) is 39.7 Å². The predicted molar refractivity (Wildman–Crippen MR) is 60.9 cm³/mol. The molecule has 0 aromatic rings. The van der Waals surface area contributed by atoms with Crippen molar-refractivity contribution in [3.63, 3.8) is 0 Å². The molecule has 0 radical (unpaired) electrons. The van der Waals surface area contributed by atoms with Crippen molar-refractivity contribution >= 4 is 5.78 Å². The average molecular weight is 213 g/mol. The highest BCUT2D eigenvalue weighted by molar-refractivity contribution is 5.89. The van der Waals surface area contributed by atoms with E-state index in [9.17, 15) is 4.79 Å². The molecule has 1 fully saturated rings. The van der Waals surface area contributed by atoms with Gasteiger partial charge in [-0.1, -0.05) is 20.8 Å². The van der Waals surface area contributed by atoms with Gasteiger partial charge in [0.1, 0.15) is 0 Å². The molecule has 0 aromatic heterocycles. The summed E-state index contributed by atoms with van der Waals surface area (Å²) in [6.07, 6.45) is 0.879. The Morgan fingerprint density at radius 3 is 2.33 bits per heavy atom. The van der Waals surface area contributed by atoms with Crippen LogP contribution in [0.4, 0.5) is 0 Å². The van der Waals surface area contributed by atoms with E-state index in [1.54, 1.807) is 0 Å². The van der Waals surface area contributed by atoms with Gasteiger partial charge in [-0.2, -0.15) is 0 Å². The minimum atomic E-state index is -0.294. The Morgan fingerprint density at radius 1 is 1.40 bits per heavy atom. The summed E-state index contributed by atoms with van der Waals surface area (Å²) in [5, 5.41) is 0. The number of rotatable bonds is 4. The van der Waals surface area contributed by atoms with Crippen molar-refractivity contribution in [2.24, 2.45) is 5.92 Å². The third kappa shape index (κ3) is 2.58. The number of nitrogens with zero attached hydrogens (tertiary/aromatic N) is 1. The van der Waals surface area contributed by atoms with Crippen molar-refractivity contribution in [1.29, 1.82) is 0 Å². The summed E-state index contributed by atoms with van der Waals surface area (Å²) in [6, 6.07) is 0. The summed E-state index contributed by atoms with van der Waals surface area (Å²) in [7, 11) is 0. The third-order valence-electron chi connectivity index (χ3n) is 3.45. The molecule has 1 unspecified atom stereocenters. The van der Waals surface area contributed by atoms with Gasteiger partial charge in [-0.25, -0.2) is 0 Å². The van der Waals surface area contributed by atoms with E-state index in [1.807, 2.05) is 13.8 Å². The Kier molecular flexibility index (Phi) is 4.29. The number of Topliss-reactive ketones (excluding diaryl/α,β-unsaturated/α-hetero) is 1. The number of carbonyl (C=O) groups excluding carboxylic acids is 1. The molecular weight excluding hydrogens is 190 g/mol. The Morgan fingerprint density at radius 2 is 1.93 bits per heavy atom. The van der Waals surface area contributed by atoms with Crippen LogP contribution in [-0.4, -0.2) is 42.5 Å².